The van der Waals surface area contributed by atoms with Crippen molar-refractivity contribution in [3.05, 3.63) is 94.7 Å². The van der Waals surface area contributed by atoms with Crippen molar-refractivity contribution in [2.75, 3.05) is 58.2 Å². The zero-order valence-electron chi connectivity index (χ0n) is 32.5. The van der Waals surface area contributed by atoms with E-state index in [2.05, 4.69) is 15.6 Å². The molecule has 3 atom stereocenters. The summed E-state index contributed by atoms with van der Waals surface area (Å²) in [7, 11) is 0. The SMILES string of the molecule is Cc1nc(N)ccc1CNC(=O)C1CCN(C(=O)OC[C@H]2OCC[C@@H](OC(=O)N3CCN(C(=O)NCc4ccc(CN)cc4)CC3)[C@@H]2OCc2ccccc2)CC1. The fraction of sp³-hybridized carbons (Fsp3) is 0.488. The van der Waals surface area contributed by atoms with Crippen molar-refractivity contribution in [2.45, 2.75) is 70.7 Å². The van der Waals surface area contributed by atoms with Gasteiger partial charge in [-0.3, -0.25) is 4.79 Å². The summed E-state index contributed by atoms with van der Waals surface area (Å²) in [4.78, 5) is 61.6. The van der Waals surface area contributed by atoms with Crippen LogP contribution in [0, 0.1) is 12.8 Å². The fourth-order valence-electron chi connectivity index (χ4n) is 7.15. The molecule has 0 saturated carbocycles. The molecule has 0 radical (unpaired) electrons. The molecule has 3 aliphatic heterocycles. The van der Waals surface area contributed by atoms with Crippen molar-refractivity contribution in [1.82, 2.24) is 30.3 Å². The average molecular weight is 787 g/mol. The van der Waals surface area contributed by atoms with Gasteiger partial charge in [0.15, 0.2) is 0 Å². The number of urea groups is 1. The Balaban J connectivity index is 0.971. The number of anilines is 1. The lowest BCUT2D eigenvalue weighted by atomic mass is 9.96. The summed E-state index contributed by atoms with van der Waals surface area (Å²) >= 11 is 0. The molecule has 6 rings (SSSR count). The largest absolute Gasteiger partial charge is 0.447 e. The van der Waals surface area contributed by atoms with Gasteiger partial charge in [0, 0.05) is 76.9 Å². The van der Waals surface area contributed by atoms with Crippen molar-refractivity contribution >= 4 is 29.9 Å². The normalized spacial score (nSPS) is 20.1. The third-order valence-electron chi connectivity index (χ3n) is 10.7. The summed E-state index contributed by atoms with van der Waals surface area (Å²) in [6.07, 6.45) is -1.66. The fourth-order valence-corrected chi connectivity index (χ4v) is 7.15. The minimum Gasteiger partial charge on any atom is -0.447 e. The first-order valence-electron chi connectivity index (χ1n) is 19.6. The molecule has 2 aromatic carbocycles. The number of carbonyl (C=O) groups excluding carboxylic acids is 4. The van der Waals surface area contributed by atoms with Gasteiger partial charge in [0.25, 0.3) is 0 Å². The van der Waals surface area contributed by atoms with Gasteiger partial charge in [0.2, 0.25) is 5.91 Å². The van der Waals surface area contributed by atoms with E-state index in [9.17, 15) is 19.2 Å². The third-order valence-corrected chi connectivity index (χ3v) is 10.7. The van der Waals surface area contributed by atoms with Crippen LogP contribution in [0.2, 0.25) is 0 Å². The van der Waals surface area contributed by atoms with Crippen molar-refractivity contribution in [1.29, 1.82) is 0 Å². The molecule has 16 heteroatoms. The third kappa shape index (κ3) is 11.6. The highest BCUT2D eigenvalue weighted by molar-refractivity contribution is 5.79. The van der Waals surface area contributed by atoms with E-state index in [1.807, 2.05) is 67.6 Å². The summed E-state index contributed by atoms with van der Waals surface area (Å²) in [6.45, 7) is 5.56. The second-order valence-corrected chi connectivity index (χ2v) is 14.6. The molecule has 0 aliphatic carbocycles. The first-order chi connectivity index (χ1) is 27.7. The average Bonchev–Trinajstić information content (AvgIpc) is 3.24. The number of likely N-dealkylation sites (tertiary alicyclic amines) is 1. The summed E-state index contributed by atoms with van der Waals surface area (Å²) in [5.74, 6) is 0.138. The number of benzene rings is 2. The minimum atomic E-state index is -0.712. The lowest BCUT2D eigenvalue weighted by molar-refractivity contribution is -0.178. The summed E-state index contributed by atoms with van der Waals surface area (Å²) < 4.78 is 24.2. The highest BCUT2D eigenvalue weighted by atomic mass is 16.6. The highest BCUT2D eigenvalue weighted by Crippen LogP contribution is 2.25. The van der Waals surface area contributed by atoms with Gasteiger partial charge >= 0.3 is 18.2 Å². The van der Waals surface area contributed by atoms with Gasteiger partial charge in [-0.15, -0.1) is 0 Å². The van der Waals surface area contributed by atoms with Crippen LogP contribution in [0.3, 0.4) is 0 Å². The Bertz CT molecular complexity index is 1800. The molecule has 57 heavy (non-hydrogen) atoms. The van der Waals surface area contributed by atoms with Crippen LogP contribution < -0.4 is 22.1 Å². The van der Waals surface area contributed by atoms with E-state index in [0.717, 1.165) is 27.9 Å². The molecular formula is C41H54N8O8. The number of carbonyl (C=O) groups is 4. The number of rotatable bonds is 12. The number of nitrogen functional groups attached to an aromatic ring is 1. The van der Waals surface area contributed by atoms with Gasteiger partial charge < -0.3 is 55.7 Å². The Labute approximate surface area is 333 Å². The number of ether oxygens (including phenoxy) is 4. The van der Waals surface area contributed by atoms with Crippen molar-refractivity contribution in [2.24, 2.45) is 11.7 Å². The van der Waals surface area contributed by atoms with E-state index in [1.54, 1.807) is 20.8 Å². The number of hydrogen-bond acceptors (Lipinski definition) is 11. The standard InChI is InChI=1S/C41H54N8O8/c1-28-33(11-12-36(43)46-28)25-44-38(50)32-13-16-48(17-14-32)40(52)56-27-35-37(55-26-31-5-3-2-4-6-31)34(15-22-54-35)57-41(53)49-20-18-47(19-21-49)39(51)45-24-30-9-7-29(23-42)8-10-30/h2-12,32,34-35,37H,13-27,42H2,1H3,(H2,43,46)(H,44,50)(H,45,51)/t34-,35-,37+/m1/s1. The van der Waals surface area contributed by atoms with E-state index in [1.165, 1.54) is 0 Å². The zero-order valence-corrected chi connectivity index (χ0v) is 32.5. The molecule has 0 bridgehead atoms. The van der Waals surface area contributed by atoms with Gasteiger partial charge in [-0.2, -0.15) is 0 Å². The number of hydrogen-bond donors (Lipinski definition) is 4. The molecule has 0 spiro atoms. The van der Waals surface area contributed by atoms with Gasteiger partial charge in [0.1, 0.15) is 30.7 Å². The molecular weight excluding hydrogens is 732 g/mol. The number of aryl methyl sites for hydroxylation is 1. The molecule has 306 valence electrons. The van der Waals surface area contributed by atoms with Crippen LogP contribution in [0.4, 0.5) is 20.2 Å². The summed E-state index contributed by atoms with van der Waals surface area (Å²) in [5.41, 5.74) is 16.0. The summed E-state index contributed by atoms with van der Waals surface area (Å²) in [5, 5.41) is 5.93. The molecule has 0 unspecified atom stereocenters. The smallest absolute Gasteiger partial charge is 0.410 e. The van der Waals surface area contributed by atoms with Crippen LogP contribution in [0.15, 0.2) is 66.7 Å². The highest BCUT2D eigenvalue weighted by Gasteiger charge is 2.40. The van der Waals surface area contributed by atoms with E-state index >= 15 is 0 Å². The van der Waals surface area contributed by atoms with E-state index in [-0.39, 0.29) is 37.7 Å². The molecule has 1 aromatic heterocycles. The lowest BCUT2D eigenvalue weighted by Gasteiger charge is -2.39. The molecule has 3 aliphatic rings. The predicted molar refractivity (Wildman–Crippen MR) is 210 cm³/mol. The molecule has 16 nitrogen and oxygen atoms in total. The first-order valence-corrected chi connectivity index (χ1v) is 19.6. The maximum atomic E-state index is 13.5. The Morgan fingerprint density at radius 1 is 0.789 bits per heavy atom. The van der Waals surface area contributed by atoms with Crippen LogP contribution in [-0.4, -0.2) is 115 Å². The Morgan fingerprint density at radius 3 is 2.18 bits per heavy atom. The number of pyridine rings is 1. The number of nitrogens with two attached hydrogens (primary N) is 2. The van der Waals surface area contributed by atoms with Crippen LogP contribution in [0.5, 0.6) is 0 Å². The van der Waals surface area contributed by atoms with Crippen molar-refractivity contribution < 1.29 is 38.1 Å². The number of nitrogens with zero attached hydrogens (tertiary/aromatic N) is 4. The maximum Gasteiger partial charge on any atom is 0.410 e. The monoisotopic (exact) mass is 786 g/mol. The topological polar surface area (TPSA) is 204 Å². The maximum absolute atomic E-state index is 13.5. The van der Waals surface area contributed by atoms with Crippen molar-refractivity contribution in [3.63, 3.8) is 0 Å². The Kier molecular flexibility index (Phi) is 14.5. The second kappa shape index (κ2) is 20.1. The van der Waals surface area contributed by atoms with E-state index < -0.39 is 30.5 Å². The molecule has 5 amide bonds. The molecule has 4 heterocycles. The van der Waals surface area contributed by atoms with E-state index in [4.69, 9.17) is 30.4 Å². The number of amides is 5. The minimum absolute atomic E-state index is 0.0674. The Hall–Kier alpha value is -5.45. The number of piperidine rings is 1. The number of aromatic nitrogens is 1. The van der Waals surface area contributed by atoms with Gasteiger partial charge in [-0.1, -0.05) is 60.7 Å². The molecule has 3 aromatic rings. The lowest BCUT2D eigenvalue weighted by Crippen LogP contribution is -2.55. The predicted octanol–water partition coefficient (Wildman–Crippen LogP) is 3.30. The summed E-state index contributed by atoms with van der Waals surface area (Å²) in [6, 6.07) is 20.7. The van der Waals surface area contributed by atoms with Crippen LogP contribution in [0.1, 0.15) is 47.2 Å². The van der Waals surface area contributed by atoms with E-state index in [0.29, 0.717) is 84.0 Å². The molecule has 3 fully saturated rings. The number of nitrogens with one attached hydrogen (secondary N) is 2. The van der Waals surface area contributed by atoms with Gasteiger partial charge in [0.05, 0.1) is 13.2 Å². The molecule has 6 N–H and O–H groups in total. The second-order valence-electron chi connectivity index (χ2n) is 14.6. The van der Waals surface area contributed by atoms with Crippen LogP contribution in [0.25, 0.3) is 0 Å². The van der Waals surface area contributed by atoms with Crippen LogP contribution in [-0.2, 0) is 50.0 Å². The van der Waals surface area contributed by atoms with Gasteiger partial charge in [-0.25, -0.2) is 19.4 Å². The van der Waals surface area contributed by atoms with Crippen molar-refractivity contribution in [3.8, 4) is 0 Å². The number of piperazine rings is 1. The quantitative estimate of drug-likeness (QED) is 0.210. The van der Waals surface area contributed by atoms with Crippen LogP contribution >= 0.6 is 0 Å². The Morgan fingerprint density at radius 2 is 1.47 bits per heavy atom. The van der Waals surface area contributed by atoms with Gasteiger partial charge in [-0.05, 0) is 48.1 Å². The molecule has 3 saturated heterocycles. The first kappa shape index (κ1) is 41.2. The zero-order chi connectivity index (χ0) is 40.1.